The Morgan fingerprint density at radius 3 is 3.10 bits per heavy atom. The van der Waals surface area contributed by atoms with Gasteiger partial charge >= 0.3 is 0 Å². The minimum absolute atomic E-state index is 0.471. The second-order valence-corrected chi connectivity index (χ2v) is 2.37. The maximum atomic E-state index is 5.14. The lowest BCUT2D eigenvalue weighted by Crippen LogP contribution is -2.02. The van der Waals surface area contributed by atoms with Crippen molar-refractivity contribution in [2.24, 2.45) is 5.92 Å². The van der Waals surface area contributed by atoms with Gasteiger partial charge in [-0.15, -0.1) is 0 Å². The summed E-state index contributed by atoms with van der Waals surface area (Å²) >= 11 is 0. The number of hydrogen-bond acceptors (Lipinski definition) is 2. The quantitative estimate of drug-likeness (QED) is 0.581. The molecule has 0 amide bonds. The molecule has 1 aliphatic rings. The fourth-order valence-electron chi connectivity index (χ4n) is 0.863. The van der Waals surface area contributed by atoms with E-state index >= 15 is 0 Å². The van der Waals surface area contributed by atoms with Crippen molar-refractivity contribution in [1.82, 2.24) is 0 Å². The fourth-order valence-corrected chi connectivity index (χ4v) is 0.863. The monoisotopic (exact) mass is 140 g/mol. The molecule has 1 heterocycles. The average molecular weight is 140 g/mol. The molecule has 1 rings (SSSR count). The Labute approximate surface area is 61.1 Å². The second-order valence-electron chi connectivity index (χ2n) is 2.37. The molecule has 1 atom stereocenters. The minimum Gasteiger partial charge on any atom is -0.468 e. The molecule has 0 aliphatic carbocycles. The maximum Gasteiger partial charge on any atom is 0.125 e. The molecule has 0 aromatic heterocycles. The molecule has 0 radical (unpaired) electrons. The van der Waals surface area contributed by atoms with Crippen LogP contribution in [0.5, 0.6) is 0 Å². The van der Waals surface area contributed by atoms with E-state index in [-0.39, 0.29) is 0 Å². The molecule has 10 heavy (non-hydrogen) atoms. The van der Waals surface area contributed by atoms with Crippen molar-refractivity contribution in [3.05, 3.63) is 24.2 Å². The molecule has 56 valence electrons. The van der Waals surface area contributed by atoms with Gasteiger partial charge in [-0.3, -0.25) is 0 Å². The average Bonchev–Trinajstić information content (AvgIpc) is 1.88. The number of methoxy groups -OCH3 is 1. The smallest absolute Gasteiger partial charge is 0.125 e. The van der Waals surface area contributed by atoms with Crippen LogP contribution < -0.4 is 0 Å². The molecular formula is C8H12O2. The summed E-state index contributed by atoms with van der Waals surface area (Å²) in [6.45, 7) is 2.67. The predicted molar refractivity (Wildman–Crippen MR) is 39.3 cm³/mol. The Hall–Kier alpha value is -0.760. The Morgan fingerprint density at radius 1 is 1.70 bits per heavy atom. The highest BCUT2D eigenvalue weighted by Gasteiger charge is 2.03. The Morgan fingerprint density at radius 2 is 2.50 bits per heavy atom. The SMILES string of the molecule is COCC1=CC(C)C=CO1. The van der Waals surface area contributed by atoms with Crippen LogP contribution in [0, 0.1) is 5.92 Å². The molecular weight excluding hydrogens is 128 g/mol. The van der Waals surface area contributed by atoms with Crippen LogP contribution in [0.1, 0.15) is 6.92 Å². The van der Waals surface area contributed by atoms with Crippen LogP contribution in [0.2, 0.25) is 0 Å². The van der Waals surface area contributed by atoms with Crippen molar-refractivity contribution in [2.75, 3.05) is 13.7 Å². The fraction of sp³-hybridized carbons (Fsp3) is 0.500. The van der Waals surface area contributed by atoms with E-state index in [1.54, 1.807) is 13.4 Å². The highest BCUT2D eigenvalue weighted by atomic mass is 16.5. The van der Waals surface area contributed by atoms with Gasteiger partial charge in [-0.1, -0.05) is 6.92 Å². The van der Waals surface area contributed by atoms with E-state index in [2.05, 4.69) is 6.92 Å². The molecule has 1 aliphatic heterocycles. The summed E-state index contributed by atoms with van der Waals surface area (Å²) in [6.07, 6.45) is 5.75. The third-order valence-corrected chi connectivity index (χ3v) is 1.34. The normalized spacial score (nSPS) is 23.8. The highest BCUT2D eigenvalue weighted by Crippen LogP contribution is 2.12. The topological polar surface area (TPSA) is 18.5 Å². The summed E-state index contributed by atoms with van der Waals surface area (Å²) in [5, 5.41) is 0. The summed E-state index contributed by atoms with van der Waals surface area (Å²) in [5.41, 5.74) is 0. The Kier molecular flexibility index (Phi) is 2.51. The molecule has 0 saturated heterocycles. The van der Waals surface area contributed by atoms with Crippen LogP contribution in [0.4, 0.5) is 0 Å². The first kappa shape index (κ1) is 7.35. The molecule has 0 saturated carbocycles. The van der Waals surface area contributed by atoms with Crippen molar-refractivity contribution in [1.29, 1.82) is 0 Å². The Bertz CT molecular complexity index is 159. The van der Waals surface area contributed by atoms with Crippen LogP contribution in [0.25, 0.3) is 0 Å². The lowest BCUT2D eigenvalue weighted by molar-refractivity contribution is 0.170. The lowest BCUT2D eigenvalue weighted by Gasteiger charge is -2.11. The highest BCUT2D eigenvalue weighted by molar-refractivity contribution is 5.07. The van der Waals surface area contributed by atoms with Crippen LogP contribution in [-0.4, -0.2) is 13.7 Å². The van der Waals surface area contributed by atoms with Gasteiger partial charge in [-0.2, -0.15) is 0 Å². The van der Waals surface area contributed by atoms with E-state index in [4.69, 9.17) is 9.47 Å². The molecule has 0 spiro atoms. The Balaban J connectivity index is 2.45. The summed E-state index contributed by atoms with van der Waals surface area (Å²) in [6, 6.07) is 0. The van der Waals surface area contributed by atoms with Crippen molar-refractivity contribution in [2.45, 2.75) is 6.92 Å². The van der Waals surface area contributed by atoms with E-state index in [1.807, 2.05) is 12.2 Å². The van der Waals surface area contributed by atoms with Crippen molar-refractivity contribution >= 4 is 0 Å². The summed E-state index contributed by atoms with van der Waals surface area (Å²) in [5.74, 6) is 1.37. The van der Waals surface area contributed by atoms with Crippen LogP contribution in [0.3, 0.4) is 0 Å². The van der Waals surface area contributed by atoms with Crippen molar-refractivity contribution in [3.8, 4) is 0 Å². The van der Waals surface area contributed by atoms with Gasteiger partial charge in [-0.05, 0) is 18.1 Å². The number of allylic oxidation sites excluding steroid dienone is 2. The first-order chi connectivity index (χ1) is 4.83. The van der Waals surface area contributed by atoms with Gasteiger partial charge < -0.3 is 9.47 Å². The van der Waals surface area contributed by atoms with Crippen LogP contribution >= 0.6 is 0 Å². The zero-order valence-electron chi connectivity index (χ0n) is 6.33. The van der Waals surface area contributed by atoms with E-state index in [0.717, 1.165) is 5.76 Å². The molecule has 0 aromatic carbocycles. The van der Waals surface area contributed by atoms with E-state index in [9.17, 15) is 0 Å². The largest absolute Gasteiger partial charge is 0.468 e. The third kappa shape index (κ3) is 1.88. The van der Waals surface area contributed by atoms with Gasteiger partial charge in [0, 0.05) is 7.11 Å². The zero-order valence-corrected chi connectivity index (χ0v) is 6.33. The van der Waals surface area contributed by atoms with Crippen LogP contribution in [-0.2, 0) is 9.47 Å². The molecule has 0 N–H and O–H groups in total. The van der Waals surface area contributed by atoms with Crippen molar-refractivity contribution in [3.63, 3.8) is 0 Å². The van der Waals surface area contributed by atoms with Crippen molar-refractivity contribution < 1.29 is 9.47 Å². The van der Waals surface area contributed by atoms with E-state index in [1.165, 1.54) is 0 Å². The lowest BCUT2D eigenvalue weighted by atomic mass is 10.1. The summed E-state index contributed by atoms with van der Waals surface area (Å²) in [4.78, 5) is 0. The molecule has 1 unspecified atom stereocenters. The van der Waals surface area contributed by atoms with Gasteiger partial charge in [0.05, 0.1) is 6.26 Å². The van der Waals surface area contributed by atoms with Gasteiger partial charge in [0.2, 0.25) is 0 Å². The molecule has 0 aromatic rings. The molecule has 0 bridgehead atoms. The number of ether oxygens (including phenoxy) is 2. The van der Waals surface area contributed by atoms with Gasteiger partial charge in [0.15, 0.2) is 0 Å². The van der Waals surface area contributed by atoms with E-state index < -0.39 is 0 Å². The number of hydrogen-bond donors (Lipinski definition) is 0. The third-order valence-electron chi connectivity index (χ3n) is 1.34. The standard InChI is InChI=1S/C8H12O2/c1-7-3-4-10-8(5-7)6-9-2/h3-5,7H,6H2,1-2H3. The first-order valence-electron chi connectivity index (χ1n) is 3.36. The second kappa shape index (κ2) is 3.42. The predicted octanol–water partition coefficient (Wildman–Crippen LogP) is 1.70. The summed E-state index contributed by atoms with van der Waals surface area (Å²) in [7, 11) is 1.66. The minimum atomic E-state index is 0.471. The maximum absolute atomic E-state index is 5.14. The first-order valence-corrected chi connectivity index (χ1v) is 3.36. The van der Waals surface area contributed by atoms with Crippen LogP contribution in [0.15, 0.2) is 24.2 Å². The number of rotatable bonds is 2. The van der Waals surface area contributed by atoms with Gasteiger partial charge in [-0.25, -0.2) is 0 Å². The molecule has 2 heteroatoms. The van der Waals surface area contributed by atoms with Gasteiger partial charge in [0.25, 0.3) is 0 Å². The molecule has 0 fully saturated rings. The van der Waals surface area contributed by atoms with Gasteiger partial charge in [0.1, 0.15) is 12.4 Å². The summed E-state index contributed by atoms with van der Waals surface area (Å²) < 4.78 is 10.0. The molecule has 2 nitrogen and oxygen atoms in total. The van der Waals surface area contributed by atoms with E-state index in [0.29, 0.717) is 12.5 Å². The zero-order chi connectivity index (χ0) is 7.40.